The van der Waals surface area contributed by atoms with Crippen molar-refractivity contribution in [3.05, 3.63) is 34.7 Å². The third kappa shape index (κ3) is 2.83. The second kappa shape index (κ2) is 6.38. The highest BCUT2D eigenvalue weighted by atomic mass is 16.7. The zero-order chi connectivity index (χ0) is 17.4. The van der Waals surface area contributed by atoms with Crippen molar-refractivity contribution in [2.45, 2.75) is 30.7 Å². The highest BCUT2D eigenvalue weighted by Crippen LogP contribution is 2.30. The number of ether oxygens (including phenoxy) is 2. The van der Waals surface area contributed by atoms with Crippen LogP contribution in [0.2, 0.25) is 0 Å². The molecule has 24 heavy (non-hydrogen) atoms. The number of phenolic OH excluding ortho intramolecular Hbond substituents is 1. The number of benzene rings is 1. The van der Waals surface area contributed by atoms with Gasteiger partial charge in [0.1, 0.15) is 46.9 Å². The normalized spacial score (nSPS) is 30.4. The van der Waals surface area contributed by atoms with Crippen molar-refractivity contribution in [3.8, 4) is 11.5 Å². The van der Waals surface area contributed by atoms with E-state index in [2.05, 4.69) is 0 Å². The largest absolute Gasteiger partial charge is 0.507 e. The first-order chi connectivity index (χ1) is 11.4. The summed E-state index contributed by atoms with van der Waals surface area (Å²) < 4.78 is 15.7. The third-order valence-corrected chi connectivity index (χ3v) is 3.82. The Kier molecular flexibility index (Phi) is 4.43. The average Bonchev–Trinajstić information content (AvgIpc) is 2.55. The molecule has 5 N–H and O–H groups in total. The number of aliphatic hydroxyl groups excluding tert-OH is 4. The van der Waals surface area contributed by atoms with Crippen LogP contribution in [0.25, 0.3) is 11.0 Å². The summed E-state index contributed by atoms with van der Waals surface area (Å²) >= 11 is 0. The molecule has 0 aliphatic carbocycles. The quantitative estimate of drug-likeness (QED) is 0.458. The van der Waals surface area contributed by atoms with Crippen LogP contribution in [-0.4, -0.2) is 62.8 Å². The maximum atomic E-state index is 11.7. The zero-order valence-electron chi connectivity index (χ0n) is 12.3. The molecule has 1 aromatic carbocycles. The summed E-state index contributed by atoms with van der Waals surface area (Å²) in [6.45, 7) is -0.595. The Morgan fingerprint density at radius 1 is 1.12 bits per heavy atom. The fourth-order valence-corrected chi connectivity index (χ4v) is 2.54. The smallest absolute Gasteiger partial charge is 0.229 e. The minimum absolute atomic E-state index is 0.00122. The molecule has 9 nitrogen and oxygen atoms in total. The lowest BCUT2D eigenvalue weighted by molar-refractivity contribution is -0.277. The molecule has 9 heteroatoms. The lowest BCUT2D eigenvalue weighted by Crippen LogP contribution is -2.60. The molecule has 1 aliphatic rings. The fraction of sp³-hybridized carbons (Fsp3) is 0.400. The Morgan fingerprint density at radius 2 is 1.88 bits per heavy atom. The summed E-state index contributed by atoms with van der Waals surface area (Å²) in [4.78, 5) is 11.7. The Balaban J connectivity index is 1.90. The van der Waals surface area contributed by atoms with E-state index in [0.717, 1.165) is 18.4 Å². The highest BCUT2D eigenvalue weighted by Gasteiger charge is 2.44. The van der Waals surface area contributed by atoms with E-state index in [-0.39, 0.29) is 22.5 Å². The van der Waals surface area contributed by atoms with Crippen LogP contribution in [0, 0.1) is 0 Å². The summed E-state index contributed by atoms with van der Waals surface area (Å²) in [6, 6.07) is 3.58. The molecular weight excluding hydrogens is 324 g/mol. The van der Waals surface area contributed by atoms with E-state index in [9.17, 15) is 25.2 Å². The molecule has 0 bridgehead atoms. The van der Waals surface area contributed by atoms with Crippen LogP contribution in [-0.2, 0) is 4.74 Å². The molecule has 3 rings (SSSR count). The molecule has 5 unspecified atom stereocenters. The minimum atomic E-state index is -1.59. The third-order valence-electron chi connectivity index (χ3n) is 3.82. The van der Waals surface area contributed by atoms with E-state index >= 15 is 0 Å². The molecule has 5 atom stereocenters. The predicted octanol–water partition coefficient (Wildman–Crippen LogP) is -1.32. The van der Waals surface area contributed by atoms with Crippen LogP contribution in [0.3, 0.4) is 0 Å². The van der Waals surface area contributed by atoms with Gasteiger partial charge in [-0.05, 0) is 0 Å². The fourth-order valence-electron chi connectivity index (χ4n) is 2.54. The van der Waals surface area contributed by atoms with E-state index in [1.54, 1.807) is 0 Å². The van der Waals surface area contributed by atoms with Crippen LogP contribution in [0.4, 0.5) is 0 Å². The lowest BCUT2D eigenvalue weighted by atomic mass is 9.99. The number of phenols is 1. The van der Waals surface area contributed by atoms with E-state index in [4.69, 9.17) is 19.0 Å². The monoisotopic (exact) mass is 340 g/mol. The minimum Gasteiger partial charge on any atom is -0.507 e. The highest BCUT2D eigenvalue weighted by molar-refractivity contribution is 5.84. The summed E-state index contributed by atoms with van der Waals surface area (Å²) in [5.74, 6) is -0.389. The lowest BCUT2D eigenvalue weighted by Gasteiger charge is -2.39. The van der Waals surface area contributed by atoms with Gasteiger partial charge in [-0.3, -0.25) is 4.79 Å². The van der Waals surface area contributed by atoms with Crippen molar-refractivity contribution in [1.29, 1.82) is 0 Å². The van der Waals surface area contributed by atoms with Crippen LogP contribution >= 0.6 is 0 Å². The average molecular weight is 340 g/mol. The van der Waals surface area contributed by atoms with Gasteiger partial charge in [0.25, 0.3) is 0 Å². The van der Waals surface area contributed by atoms with Gasteiger partial charge in [0.05, 0.1) is 12.9 Å². The number of aromatic hydroxyl groups is 1. The molecule has 130 valence electrons. The summed E-state index contributed by atoms with van der Waals surface area (Å²) in [5.41, 5.74) is -0.379. The molecule has 0 radical (unpaired) electrons. The van der Waals surface area contributed by atoms with Gasteiger partial charge in [0, 0.05) is 18.2 Å². The van der Waals surface area contributed by atoms with Crippen LogP contribution in [0.5, 0.6) is 11.5 Å². The summed E-state index contributed by atoms with van der Waals surface area (Å²) in [5, 5.41) is 48.4. The molecule has 1 aromatic heterocycles. The zero-order valence-corrected chi connectivity index (χ0v) is 12.3. The maximum Gasteiger partial charge on any atom is 0.229 e. The van der Waals surface area contributed by atoms with Gasteiger partial charge in [0.15, 0.2) is 5.43 Å². The molecule has 0 amide bonds. The van der Waals surface area contributed by atoms with Gasteiger partial charge in [-0.2, -0.15) is 0 Å². The van der Waals surface area contributed by atoms with E-state index in [0.29, 0.717) is 0 Å². The van der Waals surface area contributed by atoms with E-state index in [1.165, 1.54) is 6.07 Å². The summed E-state index contributed by atoms with van der Waals surface area (Å²) in [7, 11) is 0. The van der Waals surface area contributed by atoms with Crippen molar-refractivity contribution in [1.82, 2.24) is 0 Å². The van der Waals surface area contributed by atoms with Crippen molar-refractivity contribution in [2.24, 2.45) is 0 Å². The van der Waals surface area contributed by atoms with Gasteiger partial charge in [-0.15, -0.1) is 0 Å². The van der Waals surface area contributed by atoms with Crippen molar-refractivity contribution in [2.75, 3.05) is 6.61 Å². The number of hydrogen-bond donors (Lipinski definition) is 5. The van der Waals surface area contributed by atoms with Crippen LogP contribution < -0.4 is 10.2 Å². The van der Waals surface area contributed by atoms with Crippen molar-refractivity contribution < 1.29 is 39.4 Å². The first-order valence-corrected chi connectivity index (χ1v) is 7.14. The van der Waals surface area contributed by atoms with Gasteiger partial charge in [-0.1, -0.05) is 0 Å². The molecule has 0 spiro atoms. The molecule has 2 heterocycles. The first-order valence-electron chi connectivity index (χ1n) is 7.14. The Bertz CT molecular complexity index is 784. The van der Waals surface area contributed by atoms with Crippen molar-refractivity contribution >= 4 is 11.0 Å². The van der Waals surface area contributed by atoms with Crippen LogP contribution in [0.1, 0.15) is 0 Å². The molecule has 1 saturated heterocycles. The Morgan fingerprint density at radius 3 is 2.58 bits per heavy atom. The van der Waals surface area contributed by atoms with E-state index < -0.39 is 42.7 Å². The summed E-state index contributed by atoms with van der Waals surface area (Å²) in [6.07, 6.45) is -6.07. The first kappa shape index (κ1) is 16.7. The second-order valence-corrected chi connectivity index (χ2v) is 5.42. The van der Waals surface area contributed by atoms with Crippen molar-refractivity contribution in [3.63, 3.8) is 0 Å². The maximum absolute atomic E-state index is 11.7. The molecule has 1 aliphatic heterocycles. The molecule has 1 fully saturated rings. The number of fused-ring (bicyclic) bond motifs is 1. The molecular formula is C15H16O9. The number of hydrogen-bond acceptors (Lipinski definition) is 9. The van der Waals surface area contributed by atoms with Gasteiger partial charge < -0.3 is 39.4 Å². The number of aliphatic hydroxyl groups is 4. The van der Waals surface area contributed by atoms with Gasteiger partial charge in [0.2, 0.25) is 6.29 Å². The molecule has 2 aromatic rings. The number of rotatable bonds is 3. The van der Waals surface area contributed by atoms with Gasteiger partial charge in [-0.25, -0.2) is 0 Å². The Hall–Kier alpha value is -2.17. The van der Waals surface area contributed by atoms with Crippen LogP contribution in [0.15, 0.2) is 33.7 Å². The topological polar surface area (TPSA) is 150 Å². The molecule has 0 saturated carbocycles. The predicted molar refractivity (Wildman–Crippen MR) is 78.5 cm³/mol. The Labute approximate surface area is 134 Å². The second-order valence-electron chi connectivity index (χ2n) is 5.42. The van der Waals surface area contributed by atoms with Gasteiger partial charge >= 0.3 is 0 Å². The standard InChI is InChI=1S/C15H16O9/c16-5-10-12(19)13(20)14(21)15(24-10)23-6-3-8(18)11-7(17)1-2-22-9(11)4-6/h1-4,10,12-16,18-21H,5H2. The SMILES string of the molecule is O=c1ccoc2cc(OC3OC(CO)C(O)C(O)C3O)cc(O)c12. The van der Waals surface area contributed by atoms with E-state index in [1.807, 2.05) is 0 Å².